The Hall–Kier alpha value is -2.15. The van der Waals surface area contributed by atoms with Crippen molar-refractivity contribution < 1.29 is 23.5 Å². The van der Waals surface area contributed by atoms with Crippen LogP contribution in [-0.4, -0.2) is 55.3 Å². The molecule has 0 spiro atoms. The molecule has 1 amide bonds. The number of rotatable bonds is 7. The van der Waals surface area contributed by atoms with E-state index in [1.54, 1.807) is 24.0 Å². The second kappa shape index (κ2) is 10.1. The molecule has 29 heavy (non-hydrogen) atoms. The average molecular weight is 409 g/mol. The fourth-order valence-electron chi connectivity index (χ4n) is 3.58. The SMILES string of the molecule is CCOC(=O)CNCC1(Cc2ccc(F)cc2)CCN(C(=O)OC(C)(C)C)CC1. The van der Waals surface area contributed by atoms with Crippen LogP contribution in [0.2, 0.25) is 0 Å². The molecule has 0 atom stereocenters. The lowest BCUT2D eigenvalue weighted by atomic mass is 9.73. The Morgan fingerprint density at radius 1 is 1.17 bits per heavy atom. The smallest absolute Gasteiger partial charge is 0.410 e. The summed E-state index contributed by atoms with van der Waals surface area (Å²) < 4.78 is 23.7. The maximum absolute atomic E-state index is 13.3. The van der Waals surface area contributed by atoms with Crippen molar-refractivity contribution in [1.82, 2.24) is 10.2 Å². The first-order chi connectivity index (χ1) is 13.6. The van der Waals surface area contributed by atoms with E-state index in [9.17, 15) is 14.0 Å². The summed E-state index contributed by atoms with van der Waals surface area (Å²) in [5.74, 6) is -0.543. The Morgan fingerprint density at radius 2 is 1.79 bits per heavy atom. The highest BCUT2D eigenvalue weighted by Gasteiger charge is 2.37. The molecular weight excluding hydrogens is 375 g/mol. The Kier molecular flexibility index (Phi) is 8.02. The van der Waals surface area contributed by atoms with E-state index in [2.05, 4.69) is 5.32 Å². The Labute approximate surface area is 172 Å². The zero-order valence-corrected chi connectivity index (χ0v) is 17.9. The molecule has 0 aromatic heterocycles. The fourth-order valence-corrected chi connectivity index (χ4v) is 3.58. The van der Waals surface area contributed by atoms with Crippen LogP contribution in [0, 0.1) is 11.2 Å². The summed E-state index contributed by atoms with van der Waals surface area (Å²) >= 11 is 0. The number of benzene rings is 1. The zero-order chi connectivity index (χ0) is 21.5. The summed E-state index contributed by atoms with van der Waals surface area (Å²) in [4.78, 5) is 25.8. The molecule has 0 radical (unpaired) electrons. The quantitative estimate of drug-likeness (QED) is 0.699. The number of hydrogen-bond donors (Lipinski definition) is 1. The number of esters is 1. The molecule has 0 saturated carbocycles. The van der Waals surface area contributed by atoms with Crippen molar-refractivity contribution >= 4 is 12.1 Å². The minimum Gasteiger partial charge on any atom is -0.465 e. The van der Waals surface area contributed by atoms with Crippen molar-refractivity contribution in [2.75, 3.05) is 32.8 Å². The molecule has 1 saturated heterocycles. The fraction of sp³-hybridized carbons (Fsp3) is 0.636. The van der Waals surface area contributed by atoms with Gasteiger partial charge in [0, 0.05) is 19.6 Å². The number of likely N-dealkylation sites (tertiary alicyclic amines) is 1. The Balaban J connectivity index is 2.03. The molecule has 0 unspecified atom stereocenters. The third-order valence-corrected chi connectivity index (χ3v) is 5.04. The summed E-state index contributed by atoms with van der Waals surface area (Å²) in [6.45, 7) is 9.62. The molecule has 1 N–H and O–H groups in total. The molecule has 7 heteroatoms. The maximum atomic E-state index is 13.3. The van der Waals surface area contributed by atoms with E-state index >= 15 is 0 Å². The lowest BCUT2D eigenvalue weighted by Gasteiger charge is -2.42. The van der Waals surface area contributed by atoms with Crippen molar-refractivity contribution in [3.8, 4) is 0 Å². The molecule has 1 aromatic rings. The van der Waals surface area contributed by atoms with Crippen molar-refractivity contribution in [1.29, 1.82) is 0 Å². The maximum Gasteiger partial charge on any atom is 0.410 e. The van der Waals surface area contributed by atoms with E-state index in [1.165, 1.54) is 12.1 Å². The van der Waals surface area contributed by atoms with Crippen LogP contribution in [0.3, 0.4) is 0 Å². The predicted molar refractivity (Wildman–Crippen MR) is 109 cm³/mol. The minimum atomic E-state index is -0.527. The predicted octanol–water partition coefficient (Wildman–Crippen LogP) is 3.54. The van der Waals surface area contributed by atoms with Gasteiger partial charge in [0.15, 0.2) is 0 Å². The van der Waals surface area contributed by atoms with Crippen molar-refractivity contribution in [3.05, 3.63) is 35.6 Å². The number of amides is 1. The van der Waals surface area contributed by atoms with Gasteiger partial charge in [-0.25, -0.2) is 9.18 Å². The first-order valence-corrected chi connectivity index (χ1v) is 10.2. The lowest BCUT2D eigenvalue weighted by molar-refractivity contribution is -0.142. The van der Waals surface area contributed by atoms with Gasteiger partial charge >= 0.3 is 12.1 Å². The van der Waals surface area contributed by atoms with Gasteiger partial charge in [0.2, 0.25) is 0 Å². The Bertz CT molecular complexity index is 677. The van der Waals surface area contributed by atoms with Gasteiger partial charge in [0.25, 0.3) is 0 Å². The largest absolute Gasteiger partial charge is 0.465 e. The van der Waals surface area contributed by atoms with E-state index in [0.29, 0.717) is 26.2 Å². The highest BCUT2D eigenvalue weighted by molar-refractivity contribution is 5.71. The van der Waals surface area contributed by atoms with E-state index < -0.39 is 5.60 Å². The van der Waals surface area contributed by atoms with E-state index in [1.807, 2.05) is 20.8 Å². The molecule has 162 valence electrons. The van der Waals surface area contributed by atoms with E-state index in [-0.39, 0.29) is 29.8 Å². The van der Waals surface area contributed by atoms with Crippen LogP contribution in [0.15, 0.2) is 24.3 Å². The van der Waals surface area contributed by atoms with E-state index in [4.69, 9.17) is 9.47 Å². The lowest BCUT2D eigenvalue weighted by Crippen LogP contribution is -2.49. The number of piperidine rings is 1. The molecule has 1 aromatic carbocycles. The number of halogens is 1. The monoisotopic (exact) mass is 408 g/mol. The summed E-state index contributed by atoms with van der Waals surface area (Å²) in [7, 11) is 0. The molecule has 1 aliphatic rings. The summed E-state index contributed by atoms with van der Waals surface area (Å²) in [6.07, 6.45) is 1.97. The molecule has 0 bridgehead atoms. The van der Waals surface area contributed by atoms with Crippen molar-refractivity contribution in [2.45, 2.75) is 52.6 Å². The summed E-state index contributed by atoms with van der Waals surface area (Å²) in [5, 5.41) is 3.21. The highest BCUT2D eigenvalue weighted by atomic mass is 19.1. The van der Waals surface area contributed by atoms with Gasteiger partial charge in [-0.3, -0.25) is 4.79 Å². The first kappa shape index (κ1) is 23.1. The third-order valence-electron chi connectivity index (χ3n) is 5.04. The number of ether oxygens (including phenoxy) is 2. The standard InChI is InChI=1S/C22H33FN2O4/c1-5-28-19(26)15-24-16-22(14-17-6-8-18(23)9-7-17)10-12-25(13-11-22)20(27)29-21(2,3)4/h6-9,24H,5,10-16H2,1-4H3. The van der Waals surface area contributed by atoms with Gasteiger partial charge < -0.3 is 19.7 Å². The van der Waals surface area contributed by atoms with Crippen LogP contribution in [0.1, 0.15) is 46.1 Å². The number of nitrogens with one attached hydrogen (secondary N) is 1. The van der Waals surface area contributed by atoms with Gasteiger partial charge in [-0.1, -0.05) is 12.1 Å². The van der Waals surface area contributed by atoms with Crippen molar-refractivity contribution in [2.24, 2.45) is 5.41 Å². The molecule has 1 heterocycles. The van der Waals surface area contributed by atoms with Gasteiger partial charge in [0.05, 0.1) is 13.2 Å². The number of nitrogens with zero attached hydrogens (tertiary/aromatic N) is 1. The van der Waals surface area contributed by atoms with Crippen LogP contribution in [0.4, 0.5) is 9.18 Å². The molecule has 1 aliphatic heterocycles. The molecule has 0 aliphatic carbocycles. The van der Waals surface area contributed by atoms with Crippen LogP contribution in [-0.2, 0) is 20.7 Å². The van der Waals surface area contributed by atoms with Crippen LogP contribution < -0.4 is 5.32 Å². The average Bonchev–Trinajstić information content (AvgIpc) is 2.63. The normalized spacial score (nSPS) is 16.4. The molecule has 6 nitrogen and oxygen atoms in total. The second-order valence-electron chi connectivity index (χ2n) is 8.68. The second-order valence-corrected chi connectivity index (χ2v) is 8.68. The highest BCUT2D eigenvalue weighted by Crippen LogP contribution is 2.35. The van der Waals surface area contributed by atoms with Crippen molar-refractivity contribution in [3.63, 3.8) is 0 Å². The number of carbonyl (C=O) groups is 2. The summed E-state index contributed by atoms with van der Waals surface area (Å²) in [6, 6.07) is 6.52. The van der Waals surface area contributed by atoms with Gasteiger partial charge in [0.1, 0.15) is 11.4 Å². The van der Waals surface area contributed by atoms with Gasteiger partial charge in [-0.15, -0.1) is 0 Å². The zero-order valence-electron chi connectivity index (χ0n) is 17.9. The number of hydrogen-bond acceptors (Lipinski definition) is 5. The topological polar surface area (TPSA) is 67.9 Å². The molecule has 2 rings (SSSR count). The van der Waals surface area contributed by atoms with E-state index in [0.717, 1.165) is 24.8 Å². The van der Waals surface area contributed by atoms with Crippen LogP contribution in [0.5, 0.6) is 0 Å². The van der Waals surface area contributed by atoms with Crippen LogP contribution >= 0.6 is 0 Å². The molecule has 1 fully saturated rings. The van der Waals surface area contributed by atoms with Gasteiger partial charge in [-0.2, -0.15) is 0 Å². The summed E-state index contributed by atoms with van der Waals surface area (Å²) in [5.41, 5.74) is 0.374. The Morgan fingerprint density at radius 3 is 2.34 bits per heavy atom. The minimum absolute atomic E-state index is 0.136. The number of carbonyl (C=O) groups excluding carboxylic acids is 2. The first-order valence-electron chi connectivity index (χ1n) is 10.2. The van der Waals surface area contributed by atoms with Gasteiger partial charge in [-0.05, 0) is 70.1 Å². The third kappa shape index (κ3) is 7.65. The van der Waals surface area contributed by atoms with Crippen LogP contribution in [0.25, 0.3) is 0 Å². The molecular formula is C22H33FN2O4.